The van der Waals surface area contributed by atoms with E-state index in [-0.39, 0.29) is 5.82 Å². The van der Waals surface area contributed by atoms with Crippen LogP contribution >= 0.6 is 11.8 Å². The average molecular weight is 262 g/mol. The van der Waals surface area contributed by atoms with Crippen LogP contribution in [0.25, 0.3) is 0 Å². The van der Waals surface area contributed by atoms with Crippen molar-refractivity contribution in [3.63, 3.8) is 0 Å². The van der Waals surface area contributed by atoms with Crippen LogP contribution in [0, 0.1) is 12.7 Å². The third-order valence-electron chi connectivity index (χ3n) is 2.66. The van der Waals surface area contributed by atoms with Crippen LogP contribution in [0.2, 0.25) is 0 Å². The fourth-order valence-corrected chi connectivity index (χ4v) is 2.91. The Bertz CT molecular complexity index is 552. The molecular weight excluding hydrogens is 247 g/mol. The van der Waals surface area contributed by atoms with Gasteiger partial charge in [0, 0.05) is 4.90 Å². The summed E-state index contributed by atoms with van der Waals surface area (Å²) in [6.45, 7) is 3.65. The topological polar surface area (TPSA) is 20.2 Å². The quantitative estimate of drug-likeness (QED) is 0.888. The van der Waals surface area contributed by atoms with Crippen molar-refractivity contribution in [1.82, 2.24) is 0 Å². The van der Waals surface area contributed by atoms with Crippen molar-refractivity contribution in [2.45, 2.75) is 29.7 Å². The highest BCUT2D eigenvalue weighted by Gasteiger charge is 2.13. The zero-order chi connectivity index (χ0) is 13.1. The van der Waals surface area contributed by atoms with Crippen LogP contribution in [0.15, 0.2) is 52.3 Å². The maximum Gasteiger partial charge on any atom is 0.137 e. The summed E-state index contributed by atoms with van der Waals surface area (Å²) in [4.78, 5) is 1.47. The molecule has 0 aliphatic carbocycles. The molecule has 2 aromatic rings. The number of hydrogen-bond acceptors (Lipinski definition) is 2. The molecule has 1 N–H and O–H groups in total. The van der Waals surface area contributed by atoms with Gasteiger partial charge in [-0.2, -0.15) is 0 Å². The molecule has 0 aromatic heterocycles. The lowest BCUT2D eigenvalue weighted by Crippen LogP contribution is -1.96. The van der Waals surface area contributed by atoms with Gasteiger partial charge < -0.3 is 5.11 Å². The maximum atomic E-state index is 13.9. The lowest BCUT2D eigenvalue weighted by molar-refractivity contribution is 0.195. The van der Waals surface area contributed by atoms with Gasteiger partial charge in [0.15, 0.2) is 0 Å². The molecule has 0 spiro atoms. The third kappa shape index (κ3) is 2.92. The lowest BCUT2D eigenvalue weighted by atomic mass is 10.1. The van der Waals surface area contributed by atoms with Crippen LogP contribution in [0.5, 0.6) is 0 Å². The van der Waals surface area contributed by atoms with Gasteiger partial charge in [-0.3, -0.25) is 0 Å². The van der Waals surface area contributed by atoms with Gasteiger partial charge >= 0.3 is 0 Å². The summed E-state index contributed by atoms with van der Waals surface area (Å²) >= 11 is 1.35. The Morgan fingerprint density at radius 2 is 1.89 bits per heavy atom. The van der Waals surface area contributed by atoms with Crippen LogP contribution in [-0.4, -0.2) is 5.11 Å². The third-order valence-corrected chi connectivity index (χ3v) is 3.78. The summed E-state index contributed by atoms with van der Waals surface area (Å²) in [6.07, 6.45) is -0.673. The molecule has 0 saturated heterocycles. The second-order valence-corrected chi connectivity index (χ2v) is 5.34. The van der Waals surface area contributed by atoms with E-state index in [2.05, 4.69) is 0 Å². The van der Waals surface area contributed by atoms with Crippen molar-refractivity contribution in [3.05, 3.63) is 59.4 Å². The highest BCUT2D eigenvalue weighted by molar-refractivity contribution is 7.99. The van der Waals surface area contributed by atoms with E-state index in [0.29, 0.717) is 10.5 Å². The first kappa shape index (κ1) is 13.1. The molecule has 0 fully saturated rings. The van der Waals surface area contributed by atoms with Crippen LogP contribution in [0.4, 0.5) is 4.39 Å². The summed E-state index contributed by atoms with van der Waals surface area (Å²) < 4.78 is 13.9. The molecule has 3 heteroatoms. The lowest BCUT2D eigenvalue weighted by Gasteiger charge is -2.12. The zero-order valence-electron chi connectivity index (χ0n) is 10.4. The molecule has 18 heavy (non-hydrogen) atoms. The second kappa shape index (κ2) is 5.55. The Labute approximate surface area is 111 Å². The molecule has 1 atom stereocenters. The van der Waals surface area contributed by atoms with Gasteiger partial charge in [-0.15, -0.1) is 0 Å². The van der Waals surface area contributed by atoms with Crippen molar-refractivity contribution in [1.29, 1.82) is 0 Å². The molecule has 0 aliphatic rings. The smallest absolute Gasteiger partial charge is 0.137 e. The predicted molar refractivity (Wildman–Crippen MR) is 72.3 cm³/mol. The zero-order valence-corrected chi connectivity index (χ0v) is 11.2. The second-order valence-electron chi connectivity index (χ2n) is 4.25. The summed E-state index contributed by atoms with van der Waals surface area (Å²) in [5.74, 6) is -0.292. The number of benzene rings is 2. The molecule has 0 radical (unpaired) electrons. The molecular formula is C15H15FOS. The van der Waals surface area contributed by atoms with E-state index in [0.717, 1.165) is 10.5 Å². The maximum absolute atomic E-state index is 13.9. The molecule has 0 heterocycles. The minimum absolute atomic E-state index is 0.292. The normalized spacial score (nSPS) is 12.4. The molecule has 2 aromatic carbocycles. The van der Waals surface area contributed by atoms with Crippen LogP contribution < -0.4 is 0 Å². The van der Waals surface area contributed by atoms with Gasteiger partial charge in [-0.25, -0.2) is 4.39 Å². The summed E-state index contributed by atoms with van der Waals surface area (Å²) in [5, 5.41) is 9.68. The highest BCUT2D eigenvalue weighted by Crippen LogP contribution is 2.35. The number of aliphatic hydroxyl groups is 1. The molecule has 94 valence electrons. The Morgan fingerprint density at radius 3 is 2.56 bits per heavy atom. The van der Waals surface area contributed by atoms with Gasteiger partial charge in [-0.1, -0.05) is 41.6 Å². The van der Waals surface area contributed by atoms with Gasteiger partial charge in [0.1, 0.15) is 5.82 Å². The first-order valence-electron chi connectivity index (χ1n) is 5.79. The summed E-state index contributed by atoms with van der Waals surface area (Å²) in [7, 11) is 0. The largest absolute Gasteiger partial charge is 0.389 e. The molecule has 0 aliphatic heterocycles. The minimum Gasteiger partial charge on any atom is -0.389 e. The number of rotatable bonds is 3. The van der Waals surface area contributed by atoms with Gasteiger partial charge in [0.05, 0.1) is 11.0 Å². The molecule has 1 nitrogen and oxygen atoms in total. The van der Waals surface area contributed by atoms with Gasteiger partial charge in [0.25, 0.3) is 0 Å². The predicted octanol–water partition coefficient (Wildman–Crippen LogP) is 4.34. The summed E-state index contributed by atoms with van der Waals surface area (Å²) in [5.41, 5.74) is 1.76. The number of halogens is 1. The fraction of sp³-hybridized carbons (Fsp3) is 0.200. The van der Waals surface area contributed by atoms with Crippen molar-refractivity contribution in [2.75, 3.05) is 0 Å². The molecule has 0 amide bonds. The standard InChI is InChI=1S/C15H15FOS/c1-10-5-3-6-12(9-10)18-15-13(11(2)17)7-4-8-14(15)16/h3-9,11,17H,1-2H3/t11-/m0/s1. The van der Waals surface area contributed by atoms with E-state index in [9.17, 15) is 9.50 Å². The Morgan fingerprint density at radius 1 is 1.17 bits per heavy atom. The van der Waals surface area contributed by atoms with Gasteiger partial charge in [0.2, 0.25) is 0 Å². The molecule has 0 bridgehead atoms. The Balaban J connectivity index is 2.39. The van der Waals surface area contributed by atoms with E-state index in [1.165, 1.54) is 17.8 Å². The molecule has 0 saturated carbocycles. The SMILES string of the molecule is Cc1cccc(Sc2c(F)cccc2[C@H](C)O)c1. The van der Waals surface area contributed by atoms with Crippen LogP contribution in [0.3, 0.4) is 0 Å². The van der Waals surface area contributed by atoms with Crippen molar-refractivity contribution >= 4 is 11.8 Å². The van der Waals surface area contributed by atoms with Crippen LogP contribution in [-0.2, 0) is 0 Å². The van der Waals surface area contributed by atoms with Crippen molar-refractivity contribution in [3.8, 4) is 0 Å². The Hall–Kier alpha value is -1.32. The fourth-order valence-electron chi connectivity index (χ4n) is 1.76. The average Bonchev–Trinajstić information content (AvgIpc) is 2.31. The van der Waals surface area contributed by atoms with Gasteiger partial charge in [-0.05, 0) is 37.6 Å². The summed E-state index contributed by atoms with van der Waals surface area (Å²) in [6, 6.07) is 12.7. The minimum atomic E-state index is -0.673. The first-order chi connectivity index (χ1) is 8.58. The van der Waals surface area contributed by atoms with E-state index < -0.39 is 6.10 Å². The Kier molecular flexibility index (Phi) is 4.04. The van der Waals surface area contributed by atoms with Crippen molar-refractivity contribution in [2.24, 2.45) is 0 Å². The van der Waals surface area contributed by atoms with E-state index >= 15 is 0 Å². The number of aryl methyl sites for hydroxylation is 1. The molecule has 0 unspecified atom stereocenters. The number of hydrogen-bond donors (Lipinski definition) is 1. The van der Waals surface area contributed by atoms with E-state index in [1.807, 2.05) is 31.2 Å². The molecule has 2 rings (SSSR count). The monoisotopic (exact) mass is 262 g/mol. The highest BCUT2D eigenvalue weighted by atomic mass is 32.2. The van der Waals surface area contributed by atoms with Crippen molar-refractivity contribution < 1.29 is 9.50 Å². The van der Waals surface area contributed by atoms with Crippen LogP contribution in [0.1, 0.15) is 24.2 Å². The first-order valence-corrected chi connectivity index (χ1v) is 6.60. The number of aliphatic hydroxyl groups excluding tert-OH is 1. The van der Waals surface area contributed by atoms with E-state index in [4.69, 9.17) is 0 Å². The van der Waals surface area contributed by atoms with E-state index in [1.54, 1.807) is 19.1 Å².